The van der Waals surface area contributed by atoms with Crippen LogP contribution in [0.5, 0.6) is 0 Å². The van der Waals surface area contributed by atoms with Crippen molar-refractivity contribution in [2.45, 2.75) is 39.7 Å². The monoisotopic (exact) mass is 525 g/mol. The van der Waals surface area contributed by atoms with Crippen LogP contribution in [-0.4, -0.2) is 34.6 Å². The molecular weight excluding hydrogens is 493 g/mol. The Morgan fingerprint density at radius 1 is 1.03 bits per heavy atom. The molecular formula is C32H32FN3OS. The minimum absolute atomic E-state index is 0.152. The zero-order valence-corrected chi connectivity index (χ0v) is 23.1. The van der Waals surface area contributed by atoms with Crippen LogP contribution in [0.2, 0.25) is 0 Å². The van der Waals surface area contributed by atoms with Gasteiger partial charge in [-0.15, -0.1) is 0 Å². The second-order valence-electron chi connectivity index (χ2n) is 10.1. The van der Waals surface area contributed by atoms with Crippen LogP contribution in [0.4, 0.5) is 15.8 Å². The molecule has 0 atom stereocenters. The van der Waals surface area contributed by atoms with Gasteiger partial charge in [-0.05, 0) is 87.4 Å². The van der Waals surface area contributed by atoms with E-state index in [1.807, 2.05) is 54.6 Å². The van der Waals surface area contributed by atoms with E-state index >= 15 is 4.39 Å². The van der Waals surface area contributed by atoms with Crippen molar-refractivity contribution in [1.29, 1.82) is 0 Å². The summed E-state index contributed by atoms with van der Waals surface area (Å²) in [6.45, 7) is 9.69. The average molecular weight is 526 g/mol. The number of halogens is 1. The maximum Gasteiger partial charge on any atom is 0.266 e. The van der Waals surface area contributed by atoms with Gasteiger partial charge >= 0.3 is 0 Å². The Labute approximate surface area is 228 Å². The summed E-state index contributed by atoms with van der Waals surface area (Å²) in [7, 11) is 0. The van der Waals surface area contributed by atoms with E-state index in [-0.39, 0.29) is 17.3 Å². The lowest BCUT2D eigenvalue weighted by Crippen LogP contribution is -2.45. The molecule has 3 aromatic rings. The van der Waals surface area contributed by atoms with Gasteiger partial charge in [-0.1, -0.05) is 54.6 Å². The SMILES string of the molecule is CCN1c2cc(F)c(/C=C3/SC(=Nc4ccccc4)N(CCc4ccccc4)C3=O)cc2C(C)=CC1(C)C. The lowest BCUT2D eigenvalue weighted by molar-refractivity contribution is -0.122. The van der Waals surface area contributed by atoms with E-state index in [0.29, 0.717) is 28.6 Å². The van der Waals surface area contributed by atoms with Crippen molar-refractivity contribution in [3.05, 3.63) is 106 Å². The Bertz CT molecular complexity index is 1440. The minimum atomic E-state index is -0.335. The molecule has 0 bridgehead atoms. The van der Waals surface area contributed by atoms with Gasteiger partial charge in [0.2, 0.25) is 0 Å². The Balaban J connectivity index is 1.50. The number of hydrogen-bond donors (Lipinski definition) is 0. The Morgan fingerprint density at radius 2 is 1.71 bits per heavy atom. The van der Waals surface area contributed by atoms with E-state index in [1.54, 1.807) is 17.0 Å². The van der Waals surface area contributed by atoms with Gasteiger partial charge < -0.3 is 4.90 Å². The largest absolute Gasteiger partial charge is 0.363 e. The highest BCUT2D eigenvalue weighted by Crippen LogP contribution is 2.41. The molecule has 5 rings (SSSR count). The maximum atomic E-state index is 15.5. The van der Waals surface area contributed by atoms with Crippen LogP contribution < -0.4 is 4.90 Å². The molecule has 2 heterocycles. The highest BCUT2D eigenvalue weighted by Gasteiger charge is 2.34. The number of nitrogens with zero attached hydrogens (tertiary/aromatic N) is 3. The maximum absolute atomic E-state index is 15.5. The van der Waals surface area contributed by atoms with Crippen molar-refractivity contribution < 1.29 is 9.18 Å². The number of thioether (sulfide) groups is 1. The van der Waals surface area contributed by atoms with E-state index in [0.717, 1.165) is 34.6 Å². The van der Waals surface area contributed by atoms with Gasteiger partial charge in [-0.3, -0.25) is 9.69 Å². The Morgan fingerprint density at radius 3 is 2.39 bits per heavy atom. The fourth-order valence-electron chi connectivity index (χ4n) is 5.23. The second kappa shape index (κ2) is 10.6. The summed E-state index contributed by atoms with van der Waals surface area (Å²) in [6.07, 6.45) is 4.60. The molecule has 194 valence electrons. The number of allylic oxidation sites excluding steroid dienone is 1. The number of anilines is 1. The molecule has 0 aromatic heterocycles. The third-order valence-corrected chi connectivity index (χ3v) is 8.04. The molecule has 2 aliphatic rings. The molecule has 2 aliphatic heterocycles. The summed E-state index contributed by atoms with van der Waals surface area (Å²) in [6, 6.07) is 23.2. The zero-order valence-electron chi connectivity index (χ0n) is 22.2. The smallest absolute Gasteiger partial charge is 0.266 e. The Hall–Kier alpha value is -3.64. The van der Waals surface area contributed by atoms with Crippen molar-refractivity contribution >= 4 is 45.9 Å². The van der Waals surface area contributed by atoms with E-state index in [2.05, 4.69) is 50.8 Å². The molecule has 4 nitrogen and oxygen atoms in total. The van der Waals surface area contributed by atoms with Crippen LogP contribution in [0.1, 0.15) is 44.4 Å². The normalized spacial score (nSPS) is 18.8. The average Bonchev–Trinajstić information content (AvgIpc) is 3.18. The molecule has 1 amide bonds. The number of aliphatic imine (C=N–C) groups is 1. The minimum Gasteiger partial charge on any atom is -0.363 e. The first-order chi connectivity index (χ1) is 18.3. The quantitative estimate of drug-likeness (QED) is 0.310. The van der Waals surface area contributed by atoms with Gasteiger partial charge in [-0.2, -0.15) is 0 Å². The highest BCUT2D eigenvalue weighted by molar-refractivity contribution is 8.18. The fourth-order valence-corrected chi connectivity index (χ4v) is 6.25. The number of hydrogen-bond acceptors (Lipinski definition) is 4. The molecule has 0 spiro atoms. The van der Waals surface area contributed by atoms with E-state index in [9.17, 15) is 4.79 Å². The van der Waals surface area contributed by atoms with Crippen molar-refractivity contribution in [1.82, 2.24) is 4.90 Å². The molecule has 38 heavy (non-hydrogen) atoms. The first kappa shape index (κ1) is 26.0. The van der Waals surface area contributed by atoms with Gasteiger partial charge in [0.15, 0.2) is 5.17 Å². The molecule has 0 saturated carbocycles. The van der Waals surface area contributed by atoms with Crippen molar-refractivity contribution in [2.75, 3.05) is 18.0 Å². The van der Waals surface area contributed by atoms with Crippen LogP contribution in [0, 0.1) is 5.82 Å². The zero-order chi connectivity index (χ0) is 26.9. The summed E-state index contributed by atoms with van der Waals surface area (Å²) < 4.78 is 15.5. The topological polar surface area (TPSA) is 35.9 Å². The van der Waals surface area contributed by atoms with Gasteiger partial charge in [0, 0.05) is 29.9 Å². The number of amides is 1. The van der Waals surface area contributed by atoms with Crippen molar-refractivity contribution in [2.24, 2.45) is 4.99 Å². The number of rotatable bonds is 6. The predicted octanol–water partition coefficient (Wildman–Crippen LogP) is 7.69. The van der Waals surface area contributed by atoms with Crippen LogP contribution in [0.25, 0.3) is 11.6 Å². The second-order valence-corrected chi connectivity index (χ2v) is 11.2. The molecule has 0 unspecified atom stereocenters. The molecule has 3 aromatic carbocycles. The lowest BCUT2D eigenvalue weighted by atomic mass is 9.88. The lowest BCUT2D eigenvalue weighted by Gasteiger charge is -2.42. The summed E-state index contributed by atoms with van der Waals surface area (Å²) in [5.41, 5.74) is 5.12. The molecule has 0 radical (unpaired) electrons. The third kappa shape index (κ3) is 5.18. The molecule has 1 fully saturated rings. The summed E-state index contributed by atoms with van der Waals surface area (Å²) in [5.74, 6) is -0.487. The van der Waals surface area contributed by atoms with E-state index in [4.69, 9.17) is 4.99 Å². The standard InChI is InChI=1S/C32H32FN3OS/c1-5-36-28-20-27(33)24(18-26(28)22(2)21-32(36,3)4)19-29-30(37)35(17-16-23-12-8-6-9-13-23)31(38-29)34-25-14-10-7-11-15-25/h6-15,18-21H,5,16-17H2,1-4H3/b29-19+,34-31?. The highest BCUT2D eigenvalue weighted by atomic mass is 32.2. The molecule has 0 N–H and O–H groups in total. The number of carbonyl (C=O) groups is 1. The fraction of sp³-hybridized carbons (Fsp3) is 0.250. The number of benzene rings is 3. The molecule has 6 heteroatoms. The Kier molecular flexibility index (Phi) is 7.26. The summed E-state index contributed by atoms with van der Waals surface area (Å²) in [4.78, 5) is 22.7. The van der Waals surface area contributed by atoms with E-state index < -0.39 is 0 Å². The van der Waals surface area contributed by atoms with Gasteiger partial charge in [0.25, 0.3) is 5.91 Å². The number of likely N-dealkylation sites (N-methyl/N-ethyl adjacent to an activating group) is 1. The summed E-state index contributed by atoms with van der Waals surface area (Å²) >= 11 is 1.30. The van der Waals surface area contributed by atoms with Crippen LogP contribution in [0.3, 0.4) is 0 Å². The predicted molar refractivity (Wildman–Crippen MR) is 158 cm³/mol. The van der Waals surface area contributed by atoms with Crippen LogP contribution in [0.15, 0.2) is 88.8 Å². The van der Waals surface area contributed by atoms with Crippen molar-refractivity contribution in [3.63, 3.8) is 0 Å². The third-order valence-electron chi connectivity index (χ3n) is 7.03. The number of para-hydroxylation sites is 1. The van der Waals surface area contributed by atoms with Crippen molar-refractivity contribution in [3.8, 4) is 0 Å². The number of fused-ring (bicyclic) bond motifs is 1. The summed E-state index contributed by atoms with van der Waals surface area (Å²) in [5, 5.41) is 0.608. The van der Waals surface area contributed by atoms with Gasteiger partial charge in [0.05, 0.1) is 16.1 Å². The van der Waals surface area contributed by atoms with Gasteiger partial charge in [0.1, 0.15) is 5.82 Å². The van der Waals surface area contributed by atoms with E-state index in [1.165, 1.54) is 11.8 Å². The van der Waals surface area contributed by atoms with Crippen LogP contribution in [-0.2, 0) is 11.2 Å². The molecule has 0 aliphatic carbocycles. The van der Waals surface area contributed by atoms with Gasteiger partial charge in [-0.25, -0.2) is 9.38 Å². The first-order valence-electron chi connectivity index (χ1n) is 13.0. The number of amidine groups is 1. The van der Waals surface area contributed by atoms with Crippen LogP contribution >= 0.6 is 11.8 Å². The molecule has 1 saturated heterocycles. The first-order valence-corrected chi connectivity index (χ1v) is 13.8. The number of carbonyl (C=O) groups excluding carboxylic acids is 1.